The predicted octanol–water partition coefficient (Wildman–Crippen LogP) is 3.58. The van der Waals surface area contributed by atoms with E-state index < -0.39 is 10.0 Å². The molecule has 5 nitrogen and oxygen atoms in total. The molecule has 3 rings (SSSR count). The number of sulfonamides is 1. The highest BCUT2D eigenvalue weighted by Gasteiger charge is 2.34. The summed E-state index contributed by atoms with van der Waals surface area (Å²) in [6.07, 6.45) is 6.55. The molecule has 1 saturated heterocycles. The Morgan fingerprint density at radius 2 is 1.69 bits per heavy atom. The molecule has 1 aromatic carbocycles. The maximum atomic E-state index is 12.9. The van der Waals surface area contributed by atoms with Crippen molar-refractivity contribution in [2.24, 2.45) is 5.92 Å². The molecule has 1 heterocycles. The number of hydrogen-bond donors (Lipinski definition) is 0. The van der Waals surface area contributed by atoms with Crippen molar-refractivity contribution in [1.29, 1.82) is 0 Å². The first-order chi connectivity index (χ1) is 12.4. The van der Waals surface area contributed by atoms with Crippen LogP contribution in [0.5, 0.6) is 0 Å². The Hall–Kier alpha value is -1.40. The third-order valence-electron chi connectivity index (χ3n) is 5.57. The van der Waals surface area contributed by atoms with Gasteiger partial charge in [-0.25, -0.2) is 8.42 Å². The summed E-state index contributed by atoms with van der Waals surface area (Å²) in [4.78, 5) is 12.8. The molecule has 2 aliphatic rings. The van der Waals surface area contributed by atoms with Crippen LogP contribution in [0.4, 0.5) is 0 Å². The van der Waals surface area contributed by atoms with Gasteiger partial charge in [0.2, 0.25) is 10.0 Å². The number of piperidine rings is 1. The van der Waals surface area contributed by atoms with E-state index in [-0.39, 0.29) is 18.0 Å². The molecule has 0 amide bonds. The van der Waals surface area contributed by atoms with Gasteiger partial charge in [-0.05, 0) is 64.0 Å². The van der Waals surface area contributed by atoms with E-state index in [2.05, 4.69) is 0 Å². The molecule has 0 bridgehead atoms. The fraction of sp³-hybridized carbons (Fsp3) is 0.650. The fourth-order valence-electron chi connectivity index (χ4n) is 4.00. The lowest BCUT2D eigenvalue weighted by atomic mass is 9.96. The van der Waals surface area contributed by atoms with Gasteiger partial charge in [0.25, 0.3) is 0 Å². The first-order valence-corrected chi connectivity index (χ1v) is 11.1. The summed E-state index contributed by atoms with van der Waals surface area (Å²) in [7, 11) is -3.50. The minimum absolute atomic E-state index is 0.0632. The molecule has 6 heteroatoms. The number of esters is 1. The molecule has 1 aliphatic heterocycles. The van der Waals surface area contributed by atoms with Crippen molar-refractivity contribution < 1.29 is 17.9 Å². The van der Waals surface area contributed by atoms with Crippen molar-refractivity contribution in [3.05, 3.63) is 29.3 Å². The fourth-order valence-corrected chi connectivity index (χ4v) is 5.68. The molecule has 0 spiro atoms. The van der Waals surface area contributed by atoms with E-state index in [0.29, 0.717) is 30.8 Å². The number of rotatable bonds is 4. The quantitative estimate of drug-likeness (QED) is 0.750. The lowest BCUT2D eigenvalue weighted by Gasteiger charge is -2.32. The van der Waals surface area contributed by atoms with Crippen LogP contribution >= 0.6 is 0 Å². The smallest absolute Gasteiger partial charge is 0.309 e. The van der Waals surface area contributed by atoms with Crippen LogP contribution < -0.4 is 0 Å². The van der Waals surface area contributed by atoms with Crippen LogP contribution in [-0.4, -0.2) is 37.9 Å². The normalized spacial score (nSPS) is 20.8. The molecule has 26 heavy (non-hydrogen) atoms. The van der Waals surface area contributed by atoms with Crippen LogP contribution in [0.1, 0.15) is 56.1 Å². The molecule has 144 valence electrons. The van der Waals surface area contributed by atoms with E-state index in [1.165, 1.54) is 10.7 Å². The van der Waals surface area contributed by atoms with Gasteiger partial charge in [-0.2, -0.15) is 4.31 Å². The second kappa shape index (κ2) is 8.09. The minimum atomic E-state index is -3.50. The third-order valence-corrected chi connectivity index (χ3v) is 7.63. The van der Waals surface area contributed by atoms with Crippen molar-refractivity contribution >= 4 is 16.0 Å². The molecule has 0 unspecified atom stereocenters. The van der Waals surface area contributed by atoms with Crippen LogP contribution in [0.2, 0.25) is 0 Å². The van der Waals surface area contributed by atoms with E-state index in [0.717, 1.165) is 36.8 Å². The summed E-state index contributed by atoms with van der Waals surface area (Å²) in [5.41, 5.74) is 1.81. The van der Waals surface area contributed by atoms with Gasteiger partial charge in [-0.1, -0.05) is 24.1 Å². The zero-order chi connectivity index (χ0) is 18.7. The molecule has 1 aromatic rings. The summed E-state index contributed by atoms with van der Waals surface area (Å²) in [5.74, 6) is -0.317. The third kappa shape index (κ3) is 4.29. The van der Waals surface area contributed by atoms with Crippen molar-refractivity contribution in [1.82, 2.24) is 4.31 Å². The number of ether oxygens (including phenoxy) is 1. The standard InChI is InChI=1S/C20H29NO4S/c1-15-8-9-19(16(2)14-15)26(23,24)21-12-10-17(11-13-21)20(22)25-18-6-4-3-5-7-18/h8-9,14,17-18H,3-7,10-13H2,1-2H3. The highest BCUT2D eigenvalue weighted by Crippen LogP contribution is 2.28. The lowest BCUT2D eigenvalue weighted by Crippen LogP contribution is -2.41. The van der Waals surface area contributed by atoms with Crippen LogP contribution in [0, 0.1) is 19.8 Å². The van der Waals surface area contributed by atoms with Gasteiger partial charge in [-0.3, -0.25) is 4.79 Å². The van der Waals surface area contributed by atoms with Crippen molar-refractivity contribution in [2.75, 3.05) is 13.1 Å². The number of hydrogen-bond acceptors (Lipinski definition) is 4. The van der Waals surface area contributed by atoms with E-state index in [1.807, 2.05) is 26.0 Å². The SMILES string of the molecule is Cc1ccc(S(=O)(=O)N2CCC(C(=O)OC3CCCCC3)CC2)c(C)c1. The first kappa shape index (κ1) is 19.4. The van der Waals surface area contributed by atoms with Crippen LogP contribution in [-0.2, 0) is 19.6 Å². The number of carbonyl (C=O) groups excluding carboxylic acids is 1. The van der Waals surface area contributed by atoms with Gasteiger partial charge < -0.3 is 4.74 Å². The van der Waals surface area contributed by atoms with Gasteiger partial charge in [0.1, 0.15) is 6.10 Å². The van der Waals surface area contributed by atoms with Gasteiger partial charge in [-0.15, -0.1) is 0 Å². The minimum Gasteiger partial charge on any atom is -0.462 e. The van der Waals surface area contributed by atoms with E-state index in [1.54, 1.807) is 6.07 Å². The zero-order valence-electron chi connectivity index (χ0n) is 15.7. The Kier molecular flexibility index (Phi) is 6.03. The largest absolute Gasteiger partial charge is 0.462 e. The Bertz CT molecular complexity index is 745. The second-order valence-corrected chi connectivity index (χ2v) is 9.55. The highest BCUT2D eigenvalue weighted by atomic mass is 32.2. The maximum Gasteiger partial charge on any atom is 0.309 e. The van der Waals surface area contributed by atoms with Crippen molar-refractivity contribution in [3.8, 4) is 0 Å². The van der Waals surface area contributed by atoms with E-state index >= 15 is 0 Å². The summed E-state index contributed by atoms with van der Waals surface area (Å²) in [5, 5.41) is 0. The average molecular weight is 380 g/mol. The van der Waals surface area contributed by atoms with E-state index in [9.17, 15) is 13.2 Å². The second-order valence-electron chi connectivity index (χ2n) is 7.64. The maximum absolute atomic E-state index is 12.9. The molecule has 2 fully saturated rings. The van der Waals surface area contributed by atoms with Gasteiger partial charge in [0.05, 0.1) is 10.8 Å². The molecule has 0 radical (unpaired) electrons. The monoisotopic (exact) mass is 379 g/mol. The Morgan fingerprint density at radius 3 is 2.31 bits per heavy atom. The molecular weight excluding hydrogens is 350 g/mol. The Labute approximate surface area is 156 Å². The van der Waals surface area contributed by atoms with Crippen LogP contribution in [0.3, 0.4) is 0 Å². The van der Waals surface area contributed by atoms with Crippen LogP contribution in [0.25, 0.3) is 0 Å². The summed E-state index contributed by atoms with van der Waals surface area (Å²) < 4.78 is 33.0. The molecule has 0 N–H and O–H groups in total. The van der Waals surface area contributed by atoms with Crippen molar-refractivity contribution in [2.45, 2.75) is 69.8 Å². The average Bonchev–Trinajstić information content (AvgIpc) is 2.62. The Morgan fingerprint density at radius 1 is 1.04 bits per heavy atom. The predicted molar refractivity (Wildman–Crippen MR) is 100 cm³/mol. The molecule has 0 aromatic heterocycles. The highest BCUT2D eigenvalue weighted by molar-refractivity contribution is 7.89. The van der Waals surface area contributed by atoms with Crippen molar-refractivity contribution in [3.63, 3.8) is 0 Å². The molecule has 1 aliphatic carbocycles. The van der Waals surface area contributed by atoms with E-state index in [4.69, 9.17) is 4.74 Å². The molecule has 0 atom stereocenters. The molecular formula is C20H29NO4S. The number of carbonyl (C=O) groups is 1. The number of benzene rings is 1. The summed E-state index contributed by atoms with van der Waals surface area (Å²) in [6, 6.07) is 5.40. The Balaban J connectivity index is 1.59. The topological polar surface area (TPSA) is 63.7 Å². The van der Waals surface area contributed by atoms with Gasteiger partial charge in [0.15, 0.2) is 0 Å². The number of aryl methyl sites for hydroxylation is 2. The number of nitrogens with zero attached hydrogens (tertiary/aromatic N) is 1. The van der Waals surface area contributed by atoms with Gasteiger partial charge >= 0.3 is 5.97 Å². The lowest BCUT2D eigenvalue weighted by molar-refractivity contribution is -0.156. The first-order valence-electron chi connectivity index (χ1n) is 9.66. The summed E-state index contributed by atoms with van der Waals surface area (Å²) >= 11 is 0. The van der Waals surface area contributed by atoms with Gasteiger partial charge in [0, 0.05) is 13.1 Å². The van der Waals surface area contributed by atoms with Crippen LogP contribution in [0.15, 0.2) is 23.1 Å². The molecule has 1 saturated carbocycles. The summed E-state index contributed by atoms with van der Waals surface area (Å²) in [6.45, 7) is 4.53. The zero-order valence-corrected chi connectivity index (χ0v) is 16.6.